The van der Waals surface area contributed by atoms with Crippen LogP contribution in [0, 0.1) is 5.92 Å². The van der Waals surface area contributed by atoms with E-state index in [9.17, 15) is 14.7 Å². The Hall–Kier alpha value is -2.50. The Balaban J connectivity index is 1.72. The van der Waals surface area contributed by atoms with E-state index in [0.717, 1.165) is 19.4 Å². The van der Waals surface area contributed by atoms with Crippen LogP contribution in [-0.4, -0.2) is 41.5 Å². The number of piperidine rings is 1. The van der Waals surface area contributed by atoms with Gasteiger partial charge in [-0.05, 0) is 31.9 Å². The zero-order chi connectivity index (χ0) is 16.4. The number of rotatable bonds is 3. The first kappa shape index (κ1) is 15.4. The van der Waals surface area contributed by atoms with Crippen LogP contribution in [0.5, 0.6) is 11.5 Å². The lowest BCUT2D eigenvalue weighted by Gasteiger charge is -2.30. The number of carbonyl (C=O) groups is 2. The van der Waals surface area contributed by atoms with Gasteiger partial charge in [0.2, 0.25) is 5.78 Å². The van der Waals surface area contributed by atoms with Crippen LogP contribution in [0.1, 0.15) is 30.1 Å². The lowest BCUT2D eigenvalue weighted by Crippen LogP contribution is -2.36. The molecule has 1 atom stereocenters. The van der Waals surface area contributed by atoms with Crippen LogP contribution in [0.2, 0.25) is 0 Å². The molecule has 1 saturated heterocycles. The van der Waals surface area contributed by atoms with Crippen LogP contribution >= 0.6 is 0 Å². The van der Waals surface area contributed by atoms with Gasteiger partial charge in [0.15, 0.2) is 5.76 Å². The molecule has 6 nitrogen and oxygen atoms in total. The lowest BCUT2D eigenvalue weighted by molar-refractivity contribution is -0.149. The molecule has 0 saturated carbocycles. The normalized spacial score (nSPS) is 22.0. The van der Waals surface area contributed by atoms with Crippen molar-refractivity contribution in [2.45, 2.75) is 19.8 Å². The van der Waals surface area contributed by atoms with Gasteiger partial charge in [0, 0.05) is 25.4 Å². The molecule has 0 spiro atoms. The van der Waals surface area contributed by atoms with Crippen LogP contribution in [0.15, 0.2) is 30.2 Å². The smallest absolute Gasteiger partial charge is 0.310 e. The minimum absolute atomic E-state index is 0.0538. The van der Waals surface area contributed by atoms with E-state index in [4.69, 9.17) is 9.47 Å². The van der Waals surface area contributed by atoms with Crippen molar-refractivity contribution in [2.24, 2.45) is 5.92 Å². The summed E-state index contributed by atoms with van der Waals surface area (Å²) in [4.78, 5) is 26.1. The number of benzene rings is 1. The minimum Gasteiger partial charge on any atom is -0.508 e. The molecule has 6 heteroatoms. The summed E-state index contributed by atoms with van der Waals surface area (Å²) < 4.78 is 10.6. The highest BCUT2D eigenvalue weighted by atomic mass is 16.5. The summed E-state index contributed by atoms with van der Waals surface area (Å²) in [7, 11) is 0. The maximum Gasteiger partial charge on any atom is 0.310 e. The number of carbonyl (C=O) groups excluding carboxylic acids is 2. The second-order valence-electron chi connectivity index (χ2n) is 5.69. The van der Waals surface area contributed by atoms with Crippen LogP contribution < -0.4 is 4.74 Å². The summed E-state index contributed by atoms with van der Waals surface area (Å²) >= 11 is 0. The van der Waals surface area contributed by atoms with Crippen molar-refractivity contribution in [3.8, 4) is 11.5 Å². The molecule has 0 radical (unpaired) electrons. The Morgan fingerprint density at radius 3 is 3.13 bits per heavy atom. The number of nitrogens with zero attached hydrogens (tertiary/aromatic N) is 1. The van der Waals surface area contributed by atoms with E-state index in [1.165, 1.54) is 12.1 Å². The lowest BCUT2D eigenvalue weighted by atomic mass is 9.98. The van der Waals surface area contributed by atoms with Crippen molar-refractivity contribution in [3.05, 3.63) is 35.7 Å². The summed E-state index contributed by atoms with van der Waals surface area (Å²) in [6.07, 6.45) is 3.31. The third kappa shape index (κ3) is 3.16. The summed E-state index contributed by atoms with van der Waals surface area (Å²) in [6, 6.07) is 4.43. The molecule has 3 rings (SSSR count). The standard InChI is InChI=1S/C17H19NO5/c1-2-22-17(21)11-4-3-7-18(9-11)10-15-16(20)13-6-5-12(19)8-14(13)23-15/h5-6,8,10-11,19H,2-4,7,9H2,1H3/b15-10-. The highest BCUT2D eigenvalue weighted by Crippen LogP contribution is 2.34. The molecular formula is C17H19NO5. The van der Waals surface area contributed by atoms with Gasteiger partial charge >= 0.3 is 5.97 Å². The third-order valence-corrected chi connectivity index (χ3v) is 4.03. The fraction of sp³-hybridized carbons (Fsp3) is 0.412. The number of Topliss-reactive ketones (excluding diaryl/α,β-unsaturated/α-hetero) is 1. The maximum absolute atomic E-state index is 12.3. The first-order valence-corrected chi connectivity index (χ1v) is 7.76. The molecule has 23 heavy (non-hydrogen) atoms. The fourth-order valence-corrected chi connectivity index (χ4v) is 2.91. The van der Waals surface area contributed by atoms with Crippen LogP contribution in [0.25, 0.3) is 0 Å². The number of ether oxygens (including phenoxy) is 2. The van der Waals surface area contributed by atoms with Gasteiger partial charge in [0.25, 0.3) is 0 Å². The number of phenols is 1. The number of hydrogen-bond acceptors (Lipinski definition) is 6. The summed E-state index contributed by atoms with van der Waals surface area (Å²) in [5.74, 6) is 0.0534. The van der Waals surface area contributed by atoms with Gasteiger partial charge in [-0.2, -0.15) is 0 Å². The van der Waals surface area contributed by atoms with Gasteiger partial charge < -0.3 is 19.5 Å². The average molecular weight is 317 g/mol. The van der Waals surface area contributed by atoms with Crippen molar-refractivity contribution < 1.29 is 24.2 Å². The number of aromatic hydroxyl groups is 1. The number of esters is 1. The Bertz CT molecular complexity index is 667. The van der Waals surface area contributed by atoms with Crippen LogP contribution in [-0.2, 0) is 9.53 Å². The van der Waals surface area contributed by atoms with Gasteiger partial charge in [-0.25, -0.2) is 0 Å². The molecule has 0 aliphatic carbocycles. The second-order valence-corrected chi connectivity index (χ2v) is 5.69. The van der Waals surface area contributed by atoms with E-state index in [1.54, 1.807) is 19.2 Å². The quantitative estimate of drug-likeness (QED) is 0.679. The molecule has 122 valence electrons. The van der Waals surface area contributed by atoms with Crippen LogP contribution in [0.3, 0.4) is 0 Å². The Kier molecular flexibility index (Phi) is 4.23. The SMILES string of the molecule is CCOC(=O)C1CCCN(/C=C2\Oc3cc(O)ccc3C2=O)C1. The highest BCUT2D eigenvalue weighted by Gasteiger charge is 2.30. The van der Waals surface area contributed by atoms with Crippen molar-refractivity contribution in [1.82, 2.24) is 4.90 Å². The molecule has 1 unspecified atom stereocenters. The Morgan fingerprint density at radius 2 is 2.35 bits per heavy atom. The van der Waals surface area contributed by atoms with Crippen molar-refractivity contribution >= 4 is 11.8 Å². The van der Waals surface area contributed by atoms with Gasteiger partial charge in [-0.1, -0.05) is 0 Å². The molecule has 2 aliphatic heterocycles. The van der Waals surface area contributed by atoms with Crippen molar-refractivity contribution in [2.75, 3.05) is 19.7 Å². The second kappa shape index (κ2) is 6.32. The zero-order valence-corrected chi connectivity index (χ0v) is 12.9. The fourth-order valence-electron chi connectivity index (χ4n) is 2.91. The van der Waals surface area contributed by atoms with Gasteiger partial charge in [0.05, 0.1) is 18.1 Å². The summed E-state index contributed by atoms with van der Waals surface area (Å²) in [5.41, 5.74) is 0.438. The number of hydrogen-bond donors (Lipinski definition) is 1. The minimum atomic E-state index is -0.210. The van der Waals surface area contributed by atoms with Crippen molar-refractivity contribution in [1.29, 1.82) is 0 Å². The summed E-state index contributed by atoms with van der Waals surface area (Å²) in [5, 5.41) is 9.46. The molecule has 2 heterocycles. The van der Waals surface area contributed by atoms with Gasteiger partial charge in [-0.15, -0.1) is 0 Å². The number of ketones is 1. The largest absolute Gasteiger partial charge is 0.508 e. The number of likely N-dealkylation sites (tertiary alicyclic amines) is 1. The van der Waals surface area contributed by atoms with E-state index in [2.05, 4.69) is 0 Å². The molecule has 2 aliphatic rings. The number of phenolic OH excluding ortho intramolecular Hbond substituents is 1. The predicted octanol–water partition coefficient (Wildman–Crippen LogP) is 2.08. The molecule has 1 aromatic rings. The zero-order valence-electron chi connectivity index (χ0n) is 12.9. The molecule has 0 aromatic heterocycles. The van der Waals surface area contributed by atoms with E-state index < -0.39 is 0 Å². The average Bonchev–Trinajstić information content (AvgIpc) is 2.83. The van der Waals surface area contributed by atoms with E-state index in [0.29, 0.717) is 24.5 Å². The third-order valence-electron chi connectivity index (χ3n) is 4.03. The molecule has 0 amide bonds. The Morgan fingerprint density at radius 1 is 1.52 bits per heavy atom. The molecular weight excluding hydrogens is 298 g/mol. The molecule has 0 bridgehead atoms. The Labute approximate surface area is 134 Å². The van der Waals surface area contributed by atoms with Crippen molar-refractivity contribution in [3.63, 3.8) is 0 Å². The van der Waals surface area contributed by atoms with Crippen LogP contribution in [0.4, 0.5) is 0 Å². The molecule has 1 aromatic carbocycles. The first-order chi connectivity index (χ1) is 11.1. The molecule has 1 N–H and O–H groups in total. The summed E-state index contributed by atoms with van der Waals surface area (Å²) in [6.45, 7) is 3.44. The highest BCUT2D eigenvalue weighted by molar-refractivity contribution is 6.12. The van der Waals surface area contributed by atoms with E-state index in [1.807, 2.05) is 4.90 Å². The van der Waals surface area contributed by atoms with E-state index >= 15 is 0 Å². The monoisotopic (exact) mass is 317 g/mol. The molecule has 1 fully saturated rings. The maximum atomic E-state index is 12.3. The topological polar surface area (TPSA) is 76.1 Å². The number of allylic oxidation sites excluding steroid dienone is 1. The van der Waals surface area contributed by atoms with Gasteiger partial charge in [-0.3, -0.25) is 9.59 Å². The number of fused-ring (bicyclic) bond motifs is 1. The first-order valence-electron chi connectivity index (χ1n) is 7.76. The van der Waals surface area contributed by atoms with Gasteiger partial charge in [0.1, 0.15) is 11.5 Å². The van der Waals surface area contributed by atoms with E-state index in [-0.39, 0.29) is 29.2 Å². The predicted molar refractivity (Wildman–Crippen MR) is 82.1 cm³/mol.